The average molecular weight is 295 g/mol. The van der Waals surface area contributed by atoms with Gasteiger partial charge in [-0.25, -0.2) is 8.91 Å². The van der Waals surface area contributed by atoms with Crippen LogP contribution in [0.5, 0.6) is 0 Å². The maximum atomic E-state index is 13.1. The van der Waals surface area contributed by atoms with Gasteiger partial charge in [0.05, 0.1) is 11.2 Å². The summed E-state index contributed by atoms with van der Waals surface area (Å²) in [6, 6.07) is 15.2. The van der Waals surface area contributed by atoms with Crippen LogP contribution in [0.15, 0.2) is 48.5 Å². The summed E-state index contributed by atoms with van der Waals surface area (Å²) in [5, 5.41) is 8.28. The average Bonchev–Trinajstić information content (AvgIpc) is 3.17. The summed E-state index contributed by atoms with van der Waals surface area (Å²) >= 11 is 0. The first-order chi connectivity index (χ1) is 10.8. The fraction of sp³-hybridized carbons (Fsp3) is 0.278. The molecule has 22 heavy (non-hydrogen) atoms. The molecule has 1 aliphatic carbocycles. The van der Waals surface area contributed by atoms with E-state index in [4.69, 9.17) is 0 Å². The molecular weight excluding hydrogens is 277 g/mol. The second-order valence-electron chi connectivity index (χ2n) is 5.91. The first kappa shape index (κ1) is 13.3. The maximum absolute atomic E-state index is 13.1. The minimum atomic E-state index is -0.226. The molecule has 4 rings (SSSR count). The van der Waals surface area contributed by atoms with Crippen LogP contribution in [0.25, 0.3) is 16.8 Å². The van der Waals surface area contributed by atoms with Crippen LogP contribution < -0.4 is 5.32 Å². The van der Waals surface area contributed by atoms with Gasteiger partial charge in [0.25, 0.3) is 0 Å². The number of anilines is 1. The Morgan fingerprint density at radius 3 is 2.59 bits per heavy atom. The Hall–Kier alpha value is -2.36. The van der Waals surface area contributed by atoms with Crippen molar-refractivity contribution < 1.29 is 4.39 Å². The predicted octanol–water partition coefficient (Wildman–Crippen LogP) is 4.49. The van der Waals surface area contributed by atoms with Crippen LogP contribution in [-0.4, -0.2) is 15.7 Å². The van der Waals surface area contributed by atoms with Crippen LogP contribution >= 0.6 is 0 Å². The first-order valence-corrected chi connectivity index (χ1v) is 7.81. The van der Waals surface area contributed by atoms with E-state index in [1.54, 1.807) is 12.1 Å². The van der Waals surface area contributed by atoms with E-state index in [0.29, 0.717) is 6.04 Å². The van der Waals surface area contributed by atoms with Gasteiger partial charge in [-0.3, -0.25) is 0 Å². The number of hydrogen-bond donors (Lipinski definition) is 1. The van der Waals surface area contributed by atoms with E-state index in [-0.39, 0.29) is 5.82 Å². The van der Waals surface area contributed by atoms with Crippen molar-refractivity contribution >= 4 is 11.3 Å². The third kappa shape index (κ3) is 2.45. The second kappa shape index (κ2) is 5.44. The summed E-state index contributed by atoms with van der Waals surface area (Å²) in [5.74, 6) is 0.800. The fourth-order valence-electron chi connectivity index (χ4n) is 3.17. The van der Waals surface area contributed by atoms with Crippen molar-refractivity contribution in [3.05, 3.63) is 54.3 Å². The SMILES string of the molecule is Fc1ccc(-c2cc3cccc(NC4CCCC4)n3n2)cc1. The normalized spacial score (nSPS) is 15.5. The lowest BCUT2D eigenvalue weighted by Gasteiger charge is -2.14. The molecule has 0 saturated heterocycles. The number of hydrogen-bond acceptors (Lipinski definition) is 2. The molecule has 4 heteroatoms. The van der Waals surface area contributed by atoms with Crippen LogP contribution in [0.2, 0.25) is 0 Å². The van der Waals surface area contributed by atoms with E-state index in [1.165, 1.54) is 37.8 Å². The van der Waals surface area contributed by atoms with Gasteiger partial charge in [-0.2, -0.15) is 5.10 Å². The van der Waals surface area contributed by atoms with Gasteiger partial charge in [-0.05, 0) is 55.3 Å². The molecule has 0 bridgehead atoms. The summed E-state index contributed by atoms with van der Waals surface area (Å²) in [4.78, 5) is 0. The van der Waals surface area contributed by atoms with Crippen LogP contribution in [-0.2, 0) is 0 Å². The third-order valence-corrected chi connectivity index (χ3v) is 4.33. The van der Waals surface area contributed by atoms with Crippen molar-refractivity contribution in [2.75, 3.05) is 5.32 Å². The van der Waals surface area contributed by atoms with Crippen LogP contribution in [0.3, 0.4) is 0 Å². The largest absolute Gasteiger partial charge is 0.367 e. The van der Waals surface area contributed by atoms with Crippen molar-refractivity contribution in [2.24, 2.45) is 0 Å². The molecule has 1 N–H and O–H groups in total. The molecule has 2 aromatic heterocycles. The van der Waals surface area contributed by atoms with Gasteiger partial charge < -0.3 is 5.32 Å². The number of rotatable bonds is 3. The van der Waals surface area contributed by atoms with Gasteiger partial charge >= 0.3 is 0 Å². The molecule has 3 aromatic rings. The Bertz CT molecular complexity index is 786. The predicted molar refractivity (Wildman–Crippen MR) is 86.5 cm³/mol. The molecule has 0 amide bonds. The lowest BCUT2D eigenvalue weighted by Crippen LogP contribution is -2.16. The maximum Gasteiger partial charge on any atom is 0.128 e. The van der Waals surface area contributed by atoms with Gasteiger partial charge in [0, 0.05) is 11.6 Å². The highest BCUT2D eigenvalue weighted by molar-refractivity contribution is 5.67. The molecule has 1 aliphatic rings. The summed E-state index contributed by atoms with van der Waals surface area (Å²) in [6.45, 7) is 0. The number of nitrogens with zero attached hydrogens (tertiary/aromatic N) is 2. The molecule has 0 unspecified atom stereocenters. The summed E-state index contributed by atoms with van der Waals surface area (Å²) in [6.07, 6.45) is 5.05. The molecule has 0 aliphatic heterocycles. The Kier molecular flexibility index (Phi) is 3.29. The van der Waals surface area contributed by atoms with Crippen molar-refractivity contribution in [1.29, 1.82) is 0 Å². The number of nitrogens with one attached hydrogen (secondary N) is 1. The minimum Gasteiger partial charge on any atom is -0.367 e. The Morgan fingerprint density at radius 1 is 1.05 bits per heavy atom. The first-order valence-electron chi connectivity index (χ1n) is 7.81. The summed E-state index contributed by atoms with van der Waals surface area (Å²) < 4.78 is 15.0. The van der Waals surface area contributed by atoms with Gasteiger partial charge in [-0.1, -0.05) is 18.9 Å². The van der Waals surface area contributed by atoms with Crippen LogP contribution in [0.1, 0.15) is 25.7 Å². The van der Waals surface area contributed by atoms with E-state index < -0.39 is 0 Å². The molecule has 3 nitrogen and oxygen atoms in total. The van der Waals surface area contributed by atoms with Crippen LogP contribution in [0.4, 0.5) is 10.2 Å². The number of pyridine rings is 1. The van der Waals surface area contributed by atoms with E-state index in [0.717, 1.165) is 22.6 Å². The van der Waals surface area contributed by atoms with Crippen molar-refractivity contribution in [3.8, 4) is 11.3 Å². The Morgan fingerprint density at radius 2 is 1.82 bits per heavy atom. The molecule has 0 spiro atoms. The van der Waals surface area contributed by atoms with Crippen molar-refractivity contribution in [2.45, 2.75) is 31.7 Å². The molecule has 2 heterocycles. The minimum absolute atomic E-state index is 0.226. The van der Waals surface area contributed by atoms with Crippen molar-refractivity contribution in [3.63, 3.8) is 0 Å². The van der Waals surface area contributed by atoms with E-state index in [9.17, 15) is 4.39 Å². The highest BCUT2D eigenvalue weighted by atomic mass is 19.1. The lowest BCUT2D eigenvalue weighted by atomic mass is 10.1. The number of fused-ring (bicyclic) bond motifs is 1. The Labute approximate surface area is 128 Å². The molecular formula is C18H18FN3. The van der Waals surface area contributed by atoms with E-state index in [1.807, 2.05) is 22.7 Å². The van der Waals surface area contributed by atoms with Gasteiger partial charge in [0.1, 0.15) is 11.6 Å². The monoisotopic (exact) mass is 295 g/mol. The second-order valence-corrected chi connectivity index (χ2v) is 5.91. The molecule has 0 radical (unpaired) electrons. The van der Waals surface area contributed by atoms with E-state index >= 15 is 0 Å². The van der Waals surface area contributed by atoms with Gasteiger partial charge in [0.15, 0.2) is 0 Å². The number of benzene rings is 1. The quantitative estimate of drug-likeness (QED) is 0.771. The summed E-state index contributed by atoms with van der Waals surface area (Å²) in [5.41, 5.74) is 2.83. The third-order valence-electron chi connectivity index (χ3n) is 4.33. The van der Waals surface area contributed by atoms with Gasteiger partial charge in [-0.15, -0.1) is 0 Å². The highest BCUT2D eigenvalue weighted by Crippen LogP contribution is 2.25. The highest BCUT2D eigenvalue weighted by Gasteiger charge is 2.16. The Balaban J connectivity index is 1.72. The molecule has 1 saturated carbocycles. The standard InChI is InChI=1S/C18H18FN3/c19-14-10-8-13(9-11-14)17-12-16-6-3-7-18(22(16)21-17)20-15-4-1-2-5-15/h3,6-12,15,20H,1-2,4-5H2. The van der Waals surface area contributed by atoms with Crippen LogP contribution in [0, 0.1) is 5.82 Å². The molecule has 1 fully saturated rings. The molecule has 112 valence electrons. The van der Waals surface area contributed by atoms with Crippen molar-refractivity contribution in [1.82, 2.24) is 9.61 Å². The topological polar surface area (TPSA) is 29.3 Å². The van der Waals surface area contributed by atoms with E-state index in [2.05, 4.69) is 16.5 Å². The molecule has 1 aromatic carbocycles. The molecule has 0 atom stereocenters. The zero-order chi connectivity index (χ0) is 14.9. The lowest BCUT2D eigenvalue weighted by molar-refractivity contribution is 0.628. The smallest absolute Gasteiger partial charge is 0.128 e. The zero-order valence-corrected chi connectivity index (χ0v) is 12.3. The van der Waals surface area contributed by atoms with Gasteiger partial charge in [0.2, 0.25) is 0 Å². The summed E-state index contributed by atoms with van der Waals surface area (Å²) in [7, 11) is 0. The number of halogens is 1. The number of aromatic nitrogens is 2. The zero-order valence-electron chi connectivity index (χ0n) is 12.3. The fourth-order valence-corrected chi connectivity index (χ4v) is 3.17.